The summed E-state index contributed by atoms with van der Waals surface area (Å²) in [6.07, 6.45) is 0. The van der Waals surface area contributed by atoms with Crippen LogP contribution in [0.5, 0.6) is 0 Å². The molecule has 0 aromatic heterocycles. The second-order valence-electron chi connectivity index (χ2n) is 6.29. The van der Waals surface area contributed by atoms with Gasteiger partial charge >= 0.3 is 5.97 Å². The Balaban J connectivity index is 1.50. The van der Waals surface area contributed by atoms with Crippen molar-refractivity contribution in [1.82, 2.24) is 5.32 Å². The van der Waals surface area contributed by atoms with Gasteiger partial charge in [0.25, 0.3) is 5.91 Å². The van der Waals surface area contributed by atoms with E-state index in [1.54, 1.807) is 25.1 Å². The van der Waals surface area contributed by atoms with Crippen molar-refractivity contribution >= 4 is 29.3 Å². The standard InChI is InChI=1S/C20H17FN2O5/c1-11-15-8-12(5-6-16(15)23-19(11)26)17(24)10-28-18(25)9-22-20(27)13-3-2-4-14(21)7-13/h2-8,11H,9-10H2,1H3,(H,22,27)(H,23,26)/t11-/m0/s1. The Morgan fingerprint density at radius 1 is 1.14 bits per heavy atom. The van der Waals surface area contributed by atoms with Gasteiger partial charge in [-0.1, -0.05) is 6.07 Å². The van der Waals surface area contributed by atoms with Crippen molar-refractivity contribution in [3.8, 4) is 0 Å². The summed E-state index contributed by atoms with van der Waals surface area (Å²) in [6, 6.07) is 9.79. The molecule has 0 spiro atoms. The molecule has 7 nitrogen and oxygen atoms in total. The van der Waals surface area contributed by atoms with Gasteiger partial charge < -0.3 is 15.4 Å². The van der Waals surface area contributed by atoms with Gasteiger partial charge in [0.05, 0.1) is 5.92 Å². The first-order chi connectivity index (χ1) is 13.3. The number of fused-ring (bicyclic) bond motifs is 1. The van der Waals surface area contributed by atoms with Gasteiger partial charge in [0, 0.05) is 16.8 Å². The fourth-order valence-corrected chi connectivity index (χ4v) is 2.76. The maximum absolute atomic E-state index is 13.1. The van der Waals surface area contributed by atoms with E-state index in [0.717, 1.165) is 6.07 Å². The minimum Gasteiger partial charge on any atom is -0.456 e. The van der Waals surface area contributed by atoms with E-state index < -0.39 is 36.6 Å². The number of ether oxygens (including phenoxy) is 1. The number of amides is 2. The van der Waals surface area contributed by atoms with Crippen LogP contribution in [0.25, 0.3) is 0 Å². The highest BCUT2D eigenvalue weighted by Crippen LogP contribution is 2.32. The van der Waals surface area contributed by atoms with Crippen LogP contribution in [0.2, 0.25) is 0 Å². The third kappa shape index (κ3) is 4.22. The van der Waals surface area contributed by atoms with E-state index in [-0.39, 0.29) is 17.4 Å². The summed E-state index contributed by atoms with van der Waals surface area (Å²) in [5, 5.41) is 5.01. The zero-order chi connectivity index (χ0) is 20.3. The molecule has 0 bridgehead atoms. The molecule has 28 heavy (non-hydrogen) atoms. The molecular weight excluding hydrogens is 367 g/mol. The van der Waals surface area contributed by atoms with Crippen molar-refractivity contribution in [2.75, 3.05) is 18.5 Å². The van der Waals surface area contributed by atoms with Crippen LogP contribution < -0.4 is 10.6 Å². The summed E-state index contributed by atoms with van der Waals surface area (Å²) >= 11 is 0. The van der Waals surface area contributed by atoms with Crippen molar-refractivity contribution in [3.05, 3.63) is 65.0 Å². The zero-order valence-electron chi connectivity index (χ0n) is 15.0. The first-order valence-corrected chi connectivity index (χ1v) is 8.52. The van der Waals surface area contributed by atoms with Crippen molar-refractivity contribution in [1.29, 1.82) is 0 Å². The predicted octanol–water partition coefficient (Wildman–Crippen LogP) is 2.04. The van der Waals surface area contributed by atoms with Crippen LogP contribution in [0, 0.1) is 5.82 Å². The van der Waals surface area contributed by atoms with E-state index in [1.807, 2.05) is 0 Å². The highest BCUT2D eigenvalue weighted by atomic mass is 19.1. The van der Waals surface area contributed by atoms with Gasteiger partial charge in [0.1, 0.15) is 12.4 Å². The van der Waals surface area contributed by atoms with Crippen molar-refractivity contribution < 1.29 is 28.3 Å². The molecule has 0 saturated heterocycles. The van der Waals surface area contributed by atoms with Gasteiger partial charge in [-0.25, -0.2) is 4.39 Å². The summed E-state index contributed by atoms with van der Waals surface area (Å²) in [7, 11) is 0. The summed E-state index contributed by atoms with van der Waals surface area (Å²) in [5.74, 6) is -2.93. The minimum atomic E-state index is -0.801. The smallest absolute Gasteiger partial charge is 0.325 e. The molecule has 0 unspecified atom stereocenters. The molecule has 0 fully saturated rings. The zero-order valence-corrected chi connectivity index (χ0v) is 15.0. The Kier molecular flexibility index (Phi) is 5.49. The van der Waals surface area contributed by atoms with E-state index in [9.17, 15) is 23.6 Å². The third-order valence-electron chi connectivity index (χ3n) is 4.34. The Bertz CT molecular complexity index is 973. The number of rotatable bonds is 6. The molecule has 0 radical (unpaired) electrons. The van der Waals surface area contributed by atoms with E-state index in [4.69, 9.17) is 4.74 Å². The van der Waals surface area contributed by atoms with E-state index in [2.05, 4.69) is 10.6 Å². The molecule has 0 saturated carbocycles. The maximum atomic E-state index is 13.1. The topological polar surface area (TPSA) is 102 Å². The van der Waals surface area contributed by atoms with Crippen molar-refractivity contribution in [3.63, 3.8) is 0 Å². The highest BCUT2D eigenvalue weighted by Gasteiger charge is 2.27. The fraction of sp³-hybridized carbons (Fsp3) is 0.200. The molecule has 1 aliphatic rings. The number of hydrogen-bond donors (Lipinski definition) is 2. The number of Topliss-reactive ketones (excluding diaryl/α,β-unsaturated/α-hetero) is 1. The molecule has 3 rings (SSSR count). The Hall–Kier alpha value is -3.55. The van der Waals surface area contributed by atoms with Crippen LogP contribution in [-0.4, -0.2) is 36.7 Å². The SMILES string of the molecule is C[C@@H]1C(=O)Nc2ccc(C(=O)COC(=O)CNC(=O)c3cccc(F)c3)cc21. The summed E-state index contributed by atoms with van der Waals surface area (Å²) in [6.45, 7) is 0.780. The van der Waals surface area contributed by atoms with Crippen LogP contribution in [0.4, 0.5) is 10.1 Å². The van der Waals surface area contributed by atoms with Crippen LogP contribution in [0.3, 0.4) is 0 Å². The number of nitrogens with one attached hydrogen (secondary N) is 2. The molecule has 0 aliphatic carbocycles. The summed E-state index contributed by atoms with van der Waals surface area (Å²) in [5.41, 5.74) is 1.76. The van der Waals surface area contributed by atoms with Crippen LogP contribution in [0.15, 0.2) is 42.5 Å². The second-order valence-corrected chi connectivity index (χ2v) is 6.29. The fourth-order valence-electron chi connectivity index (χ4n) is 2.76. The maximum Gasteiger partial charge on any atom is 0.325 e. The normalized spacial score (nSPS) is 14.8. The molecule has 1 atom stereocenters. The van der Waals surface area contributed by atoms with Crippen LogP contribution >= 0.6 is 0 Å². The number of benzene rings is 2. The quantitative estimate of drug-likeness (QED) is 0.586. The average Bonchev–Trinajstić information content (AvgIpc) is 2.97. The van der Waals surface area contributed by atoms with Gasteiger partial charge in [0.15, 0.2) is 12.4 Å². The van der Waals surface area contributed by atoms with Crippen molar-refractivity contribution in [2.45, 2.75) is 12.8 Å². The lowest BCUT2D eigenvalue weighted by molar-refractivity contribution is -0.141. The number of anilines is 1. The van der Waals surface area contributed by atoms with Crippen LogP contribution in [-0.2, 0) is 14.3 Å². The largest absolute Gasteiger partial charge is 0.456 e. The number of ketones is 1. The van der Waals surface area contributed by atoms with Gasteiger partial charge in [-0.05, 0) is 48.9 Å². The molecule has 8 heteroatoms. The summed E-state index contributed by atoms with van der Waals surface area (Å²) in [4.78, 5) is 47.5. The van der Waals surface area contributed by atoms with E-state index in [1.165, 1.54) is 18.2 Å². The molecule has 2 aromatic rings. The molecule has 1 aliphatic heterocycles. The Morgan fingerprint density at radius 2 is 1.93 bits per heavy atom. The molecule has 2 N–H and O–H groups in total. The average molecular weight is 384 g/mol. The first kappa shape index (κ1) is 19.2. The number of halogens is 1. The highest BCUT2D eigenvalue weighted by molar-refractivity contribution is 6.05. The van der Waals surface area contributed by atoms with Gasteiger partial charge in [-0.2, -0.15) is 0 Å². The molecule has 2 aromatic carbocycles. The van der Waals surface area contributed by atoms with Gasteiger partial charge in [-0.3, -0.25) is 19.2 Å². The molecule has 2 amide bonds. The minimum absolute atomic E-state index is 0.0688. The molecular formula is C20H17FN2O5. The first-order valence-electron chi connectivity index (χ1n) is 8.52. The molecule has 144 valence electrons. The number of esters is 1. The second kappa shape index (κ2) is 7.99. The van der Waals surface area contributed by atoms with Gasteiger partial charge in [-0.15, -0.1) is 0 Å². The monoisotopic (exact) mass is 384 g/mol. The number of carbonyl (C=O) groups excluding carboxylic acids is 4. The third-order valence-corrected chi connectivity index (χ3v) is 4.34. The lowest BCUT2D eigenvalue weighted by atomic mass is 9.99. The Morgan fingerprint density at radius 3 is 2.68 bits per heavy atom. The predicted molar refractivity (Wildman–Crippen MR) is 97.5 cm³/mol. The van der Waals surface area contributed by atoms with E-state index in [0.29, 0.717) is 16.8 Å². The van der Waals surface area contributed by atoms with E-state index >= 15 is 0 Å². The lowest BCUT2D eigenvalue weighted by Crippen LogP contribution is -2.31. The number of hydrogen-bond acceptors (Lipinski definition) is 5. The number of carbonyl (C=O) groups is 4. The Labute approximate surface area is 159 Å². The van der Waals surface area contributed by atoms with Crippen molar-refractivity contribution in [2.24, 2.45) is 0 Å². The van der Waals surface area contributed by atoms with Crippen LogP contribution in [0.1, 0.15) is 39.1 Å². The molecule has 1 heterocycles. The van der Waals surface area contributed by atoms with Gasteiger partial charge in [0.2, 0.25) is 5.91 Å². The lowest BCUT2D eigenvalue weighted by Gasteiger charge is -2.08. The summed E-state index contributed by atoms with van der Waals surface area (Å²) < 4.78 is 18.0.